The largest absolute Gasteiger partial charge is 0.354 e. The van der Waals surface area contributed by atoms with E-state index in [0.717, 1.165) is 4.34 Å². The molecule has 2 aromatic rings. The number of benzene rings is 1. The Hall–Kier alpha value is -2.39. The van der Waals surface area contributed by atoms with Crippen molar-refractivity contribution in [2.24, 2.45) is 0 Å². The number of aromatic nitrogens is 1. The monoisotopic (exact) mass is 406 g/mol. The van der Waals surface area contributed by atoms with E-state index in [0.29, 0.717) is 17.1 Å². The van der Waals surface area contributed by atoms with Crippen molar-refractivity contribution in [3.63, 3.8) is 0 Å². The van der Waals surface area contributed by atoms with Crippen LogP contribution in [0.15, 0.2) is 34.0 Å². The minimum atomic E-state index is -0.151. The molecule has 9 heteroatoms. The minimum absolute atomic E-state index is 0.0627. The van der Waals surface area contributed by atoms with E-state index in [2.05, 4.69) is 20.9 Å². The first-order valence-electron chi connectivity index (χ1n) is 8.36. The van der Waals surface area contributed by atoms with Gasteiger partial charge in [-0.15, -0.1) is 11.3 Å². The zero-order chi connectivity index (χ0) is 19.8. The molecular formula is C18H22N4O3S2. The molecule has 144 valence electrons. The number of thiazole rings is 1. The van der Waals surface area contributed by atoms with Crippen LogP contribution in [0, 0.1) is 0 Å². The Balaban J connectivity index is 1.78. The summed E-state index contributed by atoms with van der Waals surface area (Å²) in [5, 5.41) is 10.1. The molecule has 2 rings (SSSR count). The number of rotatable bonds is 8. The lowest BCUT2D eigenvalue weighted by Crippen LogP contribution is -2.31. The first-order valence-corrected chi connectivity index (χ1v) is 10.2. The van der Waals surface area contributed by atoms with Gasteiger partial charge in [-0.1, -0.05) is 11.8 Å². The lowest BCUT2D eigenvalue weighted by molar-refractivity contribution is -0.121. The molecule has 0 aliphatic heterocycles. The predicted octanol–water partition coefficient (Wildman–Crippen LogP) is 2.90. The van der Waals surface area contributed by atoms with Crippen LogP contribution in [-0.2, 0) is 20.8 Å². The molecule has 0 radical (unpaired) electrons. The fourth-order valence-electron chi connectivity index (χ4n) is 2.14. The molecule has 0 unspecified atom stereocenters. The third-order valence-corrected chi connectivity index (χ3v) is 5.21. The third kappa shape index (κ3) is 7.79. The summed E-state index contributed by atoms with van der Waals surface area (Å²) in [6, 6.07) is 6.99. The molecule has 0 aliphatic rings. The number of carbonyl (C=O) groups is 3. The predicted molar refractivity (Wildman–Crippen MR) is 109 cm³/mol. The summed E-state index contributed by atoms with van der Waals surface area (Å²) in [6.07, 6.45) is 0.238. The van der Waals surface area contributed by atoms with Crippen LogP contribution in [0.1, 0.15) is 26.5 Å². The van der Waals surface area contributed by atoms with Gasteiger partial charge in [-0.05, 0) is 38.1 Å². The van der Waals surface area contributed by atoms with E-state index in [4.69, 9.17) is 0 Å². The van der Waals surface area contributed by atoms with Crippen molar-refractivity contribution < 1.29 is 14.4 Å². The molecular weight excluding hydrogens is 384 g/mol. The summed E-state index contributed by atoms with van der Waals surface area (Å²) in [5.74, 6) is -0.139. The van der Waals surface area contributed by atoms with Gasteiger partial charge < -0.3 is 16.0 Å². The topological polar surface area (TPSA) is 100 Å². The van der Waals surface area contributed by atoms with E-state index in [9.17, 15) is 14.4 Å². The Morgan fingerprint density at radius 1 is 1.07 bits per heavy atom. The number of nitrogens with one attached hydrogen (secondary N) is 3. The zero-order valence-corrected chi connectivity index (χ0v) is 17.0. The Kier molecular flexibility index (Phi) is 7.81. The van der Waals surface area contributed by atoms with Gasteiger partial charge in [0, 0.05) is 29.7 Å². The van der Waals surface area contributed by atoms with Gasteiger partial charge in [-0.3, -0.25) is 14.4 Å². The summed E-state index contributed by atoms with van der Waals surface area (Å²) < 4.78 is 0.749. The van der Waals surface area contributed by atoms with E-state index in [1.807, 2.05) is 19.2 Å². The lowest BCUT2D eigenvalue weighted by Gasteiger charge is -2.06. The molecule has 1 aromatic carbocycles. The van der Waals surface area contributed by atoms with Crippen molar-refractivity contribution >= 4 is 52.2 Å². The van der Waals surface area contributed by atoms with Gasteiger partial charge in [0.05, 0.1) is 17.9 Å². The van der Waals surface area contributed by atoms with Gasteiger partial charge in [-0.25, -0.2) is 4.98 Å². The van der Waals surface area contributed by atoms with Crippen molar-refractivity contribution in [3.8, 4) is 0 Å². The van der Waals surface area contributed by atoms with Crippen molar-refractivity contribution in [1.82, 2.24) is 10.3 Å². The average molecular weight is 407 g/mol. The van der Waals surface area contributed by atoms with Crippen LogP contribution in [0.4, 0.5) is 11.4 Å². The smallest absolute Gasteiger partial charge is 0.234 e. The molecule has 0 atom stereocenters. The molecule has 0 saturated carbocycles. The van der Waals surface area contributed by atoms with Crippen LogP contribution < -0.4 is 16.0 Å². The quantitative estimate of drug-likeness (QED) is 0.585. The zero-order valence-electron chi connectivity index (χ0n) is 15.4. The summed E-state index contributed by atoms with van der Waals surface area (Å²) in [5.41, 5.74) is 2.03. The maximum Gasteiger partial charge on any atom is 0.234 e. The molecule has 1 aromatic heterocycles. The lowest BCUT2D eigenvalue weighted by atomic mass is 10.3. The summed E-state index contributed by atoms with van der Waals surface area (Å²) in [4.78, 5) is 39.2. The average Bonchev–Trinajstić information content (AvgIpc) is 3.01. The minimum Gasteiger partial charge on any atom is -0.354 e. The van der Waals surface area contributed by atoms with Crippen LogP contribution >= 0.6 is 23.1 Å². The second-order valence-electron chi connectivity index (χ2n) is 6.10. The fourth-order valence-corrected chi connectivity index (χ4v) is 3.78. The van der Waals surface area contributed by atoms with Crippen LogP contribution in [0.3, 0.4) is 0 Å². The highest BCUT2D eigenvalue weighted by Gasteiger charge is 2.11. The standard InChI is InChI=1S/C18H22N4O3S2/c1-11(2)19-16(24)8-15-9-26-18(22-15)27-10-17(25)21-14-6-4-13(5-7-14)20-12(3)23/h4-7,9,11H,8,10H2,1-3H3,(H,19,24)(H,20,23)(H,21,25). The van der Waals surface area contributed by atoms with Gasteiger partial charge in [-0.2, -0.15) is 0 Å². The number of thioether (sulfide) groups is 1. The molecule has 3 N–H and O–H groups in total. The van der Waals surface area contributed by atoms with Gasteiger partial charge in [0.2, 0.25) is 17.7 Å². The van der Waals surface area contributed by atoms with Crippen LogP contribution in [0.2, 0.25) is 0 Å². The third-order valence-electron chi connectivity index (χ3n) is 3.14. The Morgan fingerprint density at radius 2 is 1.70 bits per heavy atom. The molecule has 27 heavy (non-hydrogen) atoms. The van der Waals surface area contributed by atoms with Gasteiger partial charge >= 0.3 is 0 Å². The highest BCUT2D eigenvalue weighted by molar-refractivity contribution is 8.01. The molecule has 0 spiro atoms. The van der Waals surface area contributed by atoms with E-state index in [1.54, 1.807) is 24.3 Å². The van der Waals surface area contributed by atoms with E-state index in [1.165, 1.54) is 30.0 Å². The molecule has 0 aliphatic carbocycles. The number of nitrogens with zero attached hydrogens (tertiary/aromatic N) is 1. The Bertz CT molecular complexity index is 803. The highest BCUT2D eigenvalue weighted by atomic mass is 32.2. The SMILES string of the molecule is CC(=O)Nc1ccc(NC(=O)CSc2nc(CC(=O)NC(C)C)cs2)cc1. The molecule has 0 saturated heterocycles. The van der Waals surface area contributed by atoms with E-state index < -0.39 is 0 Å². The maximum atomic E-state index is 12.1. The van der Waals surface area contributed by atoms with Crippen molar-refractivity contribution in [1.29, 1.82) is 0 Å². The molecule has 3 amide bonds. The molecule has 7 nitrogen and oxygen atoms in total. The number of hydrogen-bond acceptors (Lipinski definition) is 6. The number of carbonyl (C=O) groups excluding carboxylic acids is 3. The van der Waals surface area contributed by atoms with Crippen molar-refractivity contribution in [2.75, 3.05) is 16.4 Å². The number of anilines is 2. The van der Waals surface area contributed by atoms with Crippen molar-refractivity contribution in [2.45, 2.75) is 37.6 Å². The van der Waals surface area contributed by atoms with Gasteiger partial charge in [0.1, 0.15) is 0 Å². The number of hydrogen-bond donors (Lipinski definition) is 3. The van der Waals surface area contributed by atoms with Gasteiger partial charge in [0.25, 0.3) is 0 Å². The first kappa shape index (κ1) is 20.9. The molecule has 0 bridgehead atoms. The number of amides is 3. The maximum absolute atomic E-state index is 12.1. The van der Waals surface area contributed by atoms with Gasteiger partial charge in [0.15, 0.2) is 4.34 Å². The second kappa shape index (κ2) is 10.1. The second-order valence-corrected chi connectivity index (χ2v) is 8.18. The Morgan fingerprint density at radius 3 is 2.30 bits per heavy atom. The van der Waals surface area contributed by atoms with Crippen LogP contribution in [0.5, 0.6) is 0 Å². The van der Waals surface area contributed by atoms with Crippen molar-refractivity contribution in [3.05, 3.63) is 35.3 Å². The first-order chi connectivity index (χ1) is 12.8. The summed E-state index contributed by atoms with van der Waals surface area (Å²) in [6.45, 7) is 5.26. The normalized spacial score (nSPS) is 10.5. The molecule has 0 fully saturated rings. The molecule has 1 heterocycles. The Labute approximate surface area is 166 Å². The fraction of sp³-hybridized carbons (Fsp3) is 0.333. The highest BCUT2D eigenvalue weighted by Crippen LogP contribution is 2.23. The van der Waals surface area contributed by atoms with Crippen LogP contribution in [0.25, 0.3) is 0 Å². The summed E-state index contributed by atoms with van der Waals surface area (Å²) in [7, 11) is 0. The van der Waals surface area contributed by atoms with E-state index >= 15 is 0 Å². The van der Waals surface area contributed by atoms with E-state index in [-0.39, 0.29) is 35.9 Å². The summed E-state index contributed by atoms with van der Waals surface area (Å²) >= 11 is 2.75. The van der Waals surface area contributed by atoms with Crippen LogP contribution in [-0.4, -0.2) is 34.5 Å².